The number of aromatic nitrogens is 3. The van der Waals surface area contributed by atoms with Crippen molar-refractivity contribution in [1.29, 1.82) is 0 Å². The molecule has 1 fully saturated rings. The minimum atomic E-state index is -0.194. The Kier molecular flexibility index (Phi) is 4.56. The Hall–Kier alpha value is -2.89. The Balaban J connectivity index is 1.85. The van der Waals surface area contributed by atoms with Crippen molar-refractivity contribution < 1.29 is 4.79 Å². The minimum Gasteiger partial charge on any atom is -0.353 e. The fraction of sp³-hybridized carbons (Fsp3) is 0.381. The Morgan fingerprint density at radius 2 is 2.00 bits per heavy atom. The highest BCUT2D eigenvalue weighted by Gasteiger charge is 2.29. The summed E-state index contributed by atoms with van der Waals surface area (Å²) in [5.41, 5.74) is 1.98. The molecule has 1 atom stereocenters. The van der Waals surface area contributed by atoms with Gasteiger partial charge in [-0.05, 0) is 37.8 Å². The van der Waals surface area contributed by atoms with E-state index in [2.05, 4.69) is 12.0 Å². The topological polar surface area (TPSA) is 60.1 Å². The van der Waals surface area contributed by atoms with E-state index in [9.17, 15) is 9.59 Å². The largest absolute Gasteiger partial charge is 0.353 e. The Morgan fingerprint density at radius 1 is 1.22 bits per heavy atom. The molecule has 1 unspecified atom stereocenters. The summed E-state index contributed by atoms with van der Waals surface area (Å²) in [4.78, 5) is 28.1. The zero-order valence-corrected chi connectivity index (χ0v) is 15.8. The number of hydrogen-bond acceptors (Lipinski definition) is 3. The lowest BCUT2D eigenvalue weighted by Crippen LogP contribution is -2.39. The van der Waals surface area contributed by atoms with E-state index < -0.39 is 0 Å². The second-order valence-corrected chi connectivity index (χ2v) is 7.32. The predicted molar refractivity (Wildman–Crippen MR) is 104 cm³/mol. The first-order valence-corrected chi connectivity index (χ1v) is 9.56. The van der Waals surface area contributed by atoms with E-state index in [1.165, 1.54) is 4.68 Å². The number of amides is 1. The van der Waals surface area contributed by atoms with Gasteiger partial charge in [0.1, 0.15) is 5.69 Å². The molecule has 0 spiro atoms. The molecule has 1 saturated heterocycles. The van der Waals surface area contributed by atoms with Crippen LogP contribution in [-0.4, -0.2) is 38.2 Å². The third kappa shape index (κ3) is 3.16. The van der Waals surface area contributed by atoms with Gasteiger partial charge in [0, 0.05) is 32.0 Å². The van der Waals surface area contributed by atoms with Crippen molar-refractivity contribution in [2.45, 2.75) is 33.2 Å². The lowest BCUT2D eigenvalue weighted by molar-refractivity contribution is 0.0682. The molecule has 3 aliphatic heterocycles. The molecule has 140 valence electrons. The second kappa shape index (κ2) is 7.02. The number of piperidine rings is 1. The standard InChI is InChI=1S/C21H24N4O2/c1-3-23-13-17(20(26)24-11-7-8-15(2)12-24)19-18(14-23)21(27)25(22-19)16-9-5-4-6-10-16/h4-6,9-10,13-15H,3,7-8,11-12H2,1-2H3. The Morgan fingerprint density at radius 3 is 2.70 bits per heavy atom. The highest BCUT2D eigenvalue weighted by Crippen LogP contribution is 2.25. The monoisotopic (exact) mass is 364 g/mol. The number of likely N-dealkylation sites (tertiary alicyclic amines) is 1. The number of aryl methyl sites for hydroxylation is 1. The van der Waals surface area contributed by atoms with E-state index in [0.29, 0.717) is 35.0 Å². The summed E-state index contributed by atoms with van der Waals surface area (Å²) in [6.07, 6.45) is 5.78. The minimum absolute atomic E-state index is 0.0351. The number of rotatable bonds is 3. The van der Waals surface area contributed by atoms with Crippen LogP contribution in [0, 0.1) is 5.92 Å². The molecule has 3 heterocycles. The van der Waals surface area contributed by atoms with Crippen molar-refractivity contribution in [3.05, 3.63) is 58.6 Å². The zero-order valence-electron chi connectivity index (χ0n) is 15.8. The Labute approximate surface area is 158 Å². The highest BCUT2D eigenvalue weighted by molar-refractivity contribution is 6.00. The van der Waals surface area contributed by atoms with Gasteiger partial charge in [-0.1, -0.05) is 25.1 Å². The molecule has 6 nitrogen and oxygen atoms in total. The average Bonchev–Trinajstić information content (AvgIpc) is 3.04. The van der Waals surface area contributed by atoms with Gasteiger partial charge in [0.05, 0.1) is 16.8 Å². The molecule has 6 heteroatoms. The number of benzene rings is 1. The van der Waals surface area contributed by atoms with Gasteiger partial charge < -0.3 is 9.47 Å². The molecule has 4 rings (SSSR count). The molecular formula is C21H24N4O2. The fourth-order valence-electron chi connectivity index (χ4n) is 3.79. The number of nitrogens with zero attached hydrogens (tertiary/aromatic N) is 4. The number of para-hydroxylation sites is 1. The molecule has 1 amide bonds. The van der Waals surface area contributed by atoms with Crippen LogP contribution in [0.1, 0.15) is 37.0 Å². The molecule has 0 saturated carbocycles. The van der Waals surface area contributed by atoms with Crippen LogP contribution >= 0.6 is 0 Å². The third-order valence-corrected chi connectivity index (χ3v) is 5.26. The lowest BCUT2D eigenvalue weighted by atomic mass is 9.99. The van der Waals surface area contributed by atoms with E-state index in [1.807, 2.05) is 52.9 Å². The number of fused-ring (bicyclic) bond motifs is 1. The summed E-state index contributed by atoms with van der Waals surface area (Å²) in [5.74, 6) is 0.462. The van der Waals surface area contributed by atoms with Crippen molar-refractivity contribution in [3.63, 3.8) is 0 Å². The summed E-state index contributed by atoms with van der Waals surface area (Å²) in [5, 5.41) is 4.54. The van der Waals surface area contributed by atoms with Crippen LogP contribution in [0.3, 0.4) is 0 Å². The molecule has 1 aromatic rings. The quantitative estimate of drug-likeness (QED) is 0.718. The Bertz CT molecular complexity index is 989. The summed E-state index contributed by atoms with van der Waals surface area (Å²) in [6.45, 7) is 6.37. The second-order valence-electron chi connectivity index (χ2n) is 7.32. The van der Waals surface area contributed by atoms with Gasteiger partial charge in [0.2, 0.25) is 0 Å². The van der Waals surface area contributed by atoms with Gasteiger partial charge in [0.15, 0.2) is 0 Å². The van der Waals surface area contributed by atoms with Crippen molar-refractivity contribution in [1.82, 2.24) is 19.2 Å². The van der Waals surface area contributed by atoms with E-state index in [1.54, 1.807) is 6.20 Å². The molecule has 0 radical (unpaired) electrons. The molecule has 1 aromatic carbocycles. The summed E-state index contributed by atoms with van der Waals surface area (Å²) < 4.78 is 3.28. The first-order chi connectivity index (χ1) is 13.1. The molecule has 27 heavy (non-hydrogen) atoms. The van der Waals surface area contributed by atoms with Crippen LogP contribution in [-0.2, 0) is 6.54 Å². The van der Waals surface area contributed by atoms with Crippen LogP contribution in [0.25, 0.3) is 16.9 Å². The normalized spacial score (nSPS) is 17.4. The van der Waals surface area contributed by atoms with E-state index in [4.69, 9.17) is 0 Å². The maximum atomic E-state index is 13.2. The van der Waals surface area contributed by atoms with Crippen LogP contribution in [0.4, 0.5) is 0 Å². The molecule has 0 aliphatic carbocycles. The van der Waals surface area contributed by atoms with Gasteiger partial charge in [-0.2, -0.15) is 9.78 Å². The van der Waals surface area contributed by atoms with E-state index >= 15 is 0 Å². The fourth-order valence-corrected chi connectivity index (χ4v) is 3.79. The van der Waals surface area contributed by atoms with Crippen LogP contribution in [0.5, 0.6) is 0 Å². The van der Waals surface area contributed by atoms with Gasteiger partial charge in [-0.25, -0.2) is 0 Å². The maximum Gasteiger partial charge on any atom is 0.282 e. The maximum absolute atomic E-state index is 13.2. The van der Waals surface area contributed by atoms with Crippen molar-refractivity contribution >= 4 is 5.91 Å². The van der Waals surface area contributed by atoms with Crippen LogP contribution < -0.4 is 5.56 Å². The predicted octanol–water partition coefficient (Wildman–Crippen LogP) is 3.03. The van der Waals surface area contributed by atoms with Crippen LogP contribution in [0.15, 0.2) is 47.5 Å². The average molecular weight is 364 g/mol. The summed E-state index contributed by atoms with van der Waals surface area (Å²) in [6, 6.07) is 9.32. The van der Waals surface area contributed by atoms with Gasteiger partial charge >= 0.3 is 0 Å². The van der Waals surface area contributed by atoms with E-state index in [-0.39, 0.29) is 11.5 Å². The number of carbonyl (C=O) groups is 1. The first-order valence-electron chi connectivity index (χ1n) is 9.56. The summed E-state index contributed by atoms with van der Waals surface area (Å²) >= 11 is 0. The number of pyridine rings is 1. The number of carbonyl (C=O) groups excluding carboxylic acids is 1. The zero-order chi connectivity index (χ0) is 19.0. The van der Waals surface area contributed by atoms with Crippen molar-refractivity contribution in [2.75, 3.05) is 13.1 Å². The molecule has 0 aromatic heterocycles. The molecule has 0 N–H and O–H groups in total. The lowest BCUT2D eigenvalue weighted by Gasteiger charge is -2.31. The van der Waals surface area contributed by atoms with Gasteiger partial charge in [-0.15, -0.1) is 0 Å². The molecule has 0 bridgehead atoms. The molecular weight excluding hydrogens is 340 g/mol. The van der Waals surface area contributed by atoms with Gasteiger partial charge in [-0.3, -0.25) is 9.59 Å². The summed E-state index contributed by atoms with van der Waals surface area (Å²) in [7, 11) is 0. The van der Waals surface area contributed by atoms with E-state index in [0.717, 1.165) is 25.9 Å². The third-order valence-electron chi connectivity index (χ3n) is 5.26. The number of hydrogen-bond donors (Lipinski definition) is 0. The highest BCUT2D eigenvalue weighted by atomic mass is 16.2. The van der Waals surface area contributed by atoms with Gasteiger partial charge in [0.25, 0.3) is 11.5 Å². The van der Waals surface area contributed by atoms with Crippen molar-refractivity contribution in [2.24, 2.45) is 5.92 Å². The smallest absolute Gasteiger partial charge is 0.282 e. The SMILES string of the molecule is CCn1cc(C(=O)N2CCCC(C)C2)c2nn(-c3ccccc3)c(=O)c-2c1. The molecule has 3 aliphatic rings. The first kappa shape index (κ1) is 17.5. The van der Waals surface area contributed by atoms with Crippen LogP contribution in [0.2, 0.25) is 0 Å². The van der Waals surface area contributed by atoms with Crippen molar-refractivity contribution in [3.8, 4) is 16.9 Å².